The Bertz CT molecular complexity index is 271. The summed E-state index contributed by atoms with van der Waals surface area (Å²) in [6.07, 6.45) is 9.43. The summed E-state index contributed by atoms with van der Waals surface area (Å²) in [7, 11) is 0. The van der Waals surface area contributed by atoms with Gasteiger partial charge in [-0.05, 0) is 55.3 Å². The van der Waals surface area contributed by atoms with Gasteiger partial charge in [-0.25, -0.2) is 0 Å². The normalized spacial score (nSPS) is 46.8. The SMILES string of the molecule is CC1CCCC(C2(N)CC(C)CC(C)(C)C2)C1. The monoisotopic (exact) mass is 237 g/mol. The molecule has 0 radical (unpaired) electrons. The van der Waals surface area contributed by atoms with E-state index in [1.165, 1.54) is 44.9 Å². The molecule has 17 heavy (non-hydrogen) atoms. The van der Waals surface area contributed by atoms with Crippen molar-refractivity contribution < 1.29 is 0 Å². The summed E-state index contributed by atoms with van der Waals surface area (Å²) >= 11 is 0. The second kappa shape index (κ2) is 4.57. The molecule has 0 aromatic heterocycles. The zero-order valence-electron chi connectivity index (χ0n) is 12.3. The first-order valence-electron chi connectivity index (χ1n) is 7.60. The molecule has 2 aliphatic rings. The minimum atomic E-state index is 0.135. The number of hydrogen-bond donors (Lipinski definition) is 1. The Labute approximate surface area is 108 Å². The molecule has 1 heteroatoms. The van der Waals surface area contributed by atoms with Crippen molar-refractivity contribution in [3.05, 3.63) is 0 Å². The first-order valence-corrected chi connectivity index (χ1v) is 7.60. The lowest BCUT2D eigenvalue weighted by Gasteiger charge is -2.51. The molecule has 0 aromatic rings. The number of rotatable bonds is 1. The average molecular weight is 237 g/mol. The van der Waals surface area contributed by atoms with Gasteiger partial charge in [0.2, 0.25) is 0 Å². The zero-order valence-corrected chi connectivity index (χ0v) is 12.3. The standard InChI is InChI=1S/C16H31N/c1-12-6-5-7-14(8-12)16(17)10-13(2)9-15(3,4)11-16/h12-14H,5-11,17H2,1-4H3. The third kappa shape index (κ3) is 3.05. The minimum Gasteiger partial charge on any atom is -0.325 e. The molecule has 4 atom stereocenters. The molecule has 0 aliphatic heterocycles. The van der Waals surface area contributed by atoms with Gasteiger partial charge >= 0.3 is 0 Å². The third-order valence-electron chi connectivity index (χ3n) is 5.19. The average Bonchev–Trinajstić information content (AvgIpc) is 2.13. The van der Waals surface area contributed by atoms with Crippen molar-refractivity contribution in [1.29, 1.82) is 0 Å². The van der Waals surface area contributed by atoms with Crippen LogP contribution in [-0.4, -0.2) is 5.54 Å². The van der Waals surface area contributed by atoms with Crippen molar-refractivity contribution in [1.82, 2.24) is 0 Å². The van der Waals surface area contributed by atoms with Crippen LogP contribution in [0.5, 0.6) is 0 Å². The highest BCUT2D eigenvalue weighted by atomic mass is 14.8. The Hall–Kier alpha value is -0.0400. The van der Waals surface area contributed by atoms with Crippen LogP contribution in [0, 0.1) is 23.2 Å². The molecule has 1 nitrogen and oxygen atoms in total. The first-order chi connectivity index (χ1) is 7.81. The fourth-order valence-electron chi connectivity index (χ4n) is 4.97. The zero-order chi connectivity index (χ0) is 12.7. The molecule has 2 saturated carbocycles. The summed E-state index contributed by atoms with van der Waals surface area (Å²) < 4.78 is 0. The molecule has 0 heterocycles. The molecule has 2 fully saturated rings. The lowest BCUT2D eigenvalue weighted by molar-refractivity contribution is 0.0434. The maximum absolute atomic E-state index is 6.86. The predicted octanol–water partition coefficient (Wildman–Crippen LogP) is 4.36. The van der Waals surface area contributed by atoms with Crippen LogP contribution >= 0.6 is 0 Å². The van der Waals surface area contributed by atoms with Gasteiger partial charge in [0.05, 0.1) is 0 Å². The highest BCUT2D eigenvalue weighted by molar-refractivity contribution is 5.01. The van der Waals surface area contributed by atoms with Gasteiger partial charge in [-0.2, -0.15) is 0 Å². The summed E-state index contributed by atoms with van der Waals surface area (Å²) in [5.74, 6) is 2.49. The van der Waals surface area contributed by atoms with Crippen LogP contribution in [0.4, 0.5) is 0 Å². The molecule has 0 spiro atoms. The van der Waals surface area contributed by atoms with Crippen LogP contribution in [0.3, 0.4) is 0 Å². The highest BCUT2D eigenvalue weighted by Gasteiger charge is 2.45. The van der Waals surface area contributed by atoms with Crippen molar-refractivity contribution >= 4 is 0 Å². The van der Waals surface area contributed by atoms with Gasteiger partial charge < -0.3 is 5.73 Å². The predicted molar refractivity (Wildman–Crippen MR) is 74.8 cm³/mol. The maximum Gasteiger partial charge on any atom is 0.0190 e. The summed E-state index contributed by atoms with van der Waals surface area (Å²) in [6, 6.07) is 0. The fourth-order valence-corrected chi connectivity index (χ4v) is 4.97. The Kier molecular flexibility index (Phi) is 3.60. The number of nitrogens with two attached hydrogens (primary N) is 1. The molecular weight excluding hydrogens is 206 g/mol. The molecule has 0 amide bonds. The van der Waals surface area contributed by atoms with Gasteiger partial charge in [-0.3, -0.25) is 0 Å². The largest absolute Gasteiger partial charge is 0.325 e. The van der Waals surface area contributed by atoms with Crippen LogP contribution in [-0.2, 0) is 0 Å². The smallest absolute Gasteiger partial charge is 0.0190 e. The molecule has 0 bridgehead atoms. The second-order valence-electron chi connectivity index (χ2n) is 8.06. The lowest BCUT2D eigenvalue weighted by atomic mass is 9.58. The summed E-state index contributed by atoms with van der Waals surface area (Å²) in [4.78, 5) is 0. The summed E-state index contributed by atoms with van der Waals surface area (Å²) in [5.41, 5.74) is 7.45. The summed E-state index contributed by atoms with van der Waals surface area (Å²) in [5, 5.41) is 0. The van der Waals surface area contributed by atoms with Crippen molar-refractivity contribution in [2.45, 2.75) is 78.2 Å². The van der Waals surface area contributed by atoms with E-state index < -0.39 is 0 Å². The summed E-state index contributed by atoms with van der Waals surface area (Å²) in [6.45, 7) is 9.63. The molecule has 100 valence electrons. The van der Waals surface area contributed by atoms with Gasteiger partial charge in [-0.15, -0.1) is 0 Å². The molecule has 2 aliphatic carbocycles. The van der Waals surface area contributed by atoms with Gasteiger partial charge in [0.25, 0.3) is 0 Å². The van der Waals surface area contributed by atoms with E-state index in [9.17, 15) is 0 Å². The van der Waals surface area contributed by atoms with Crippen molar-refractivity contribution in [3.8, 4) is 0 Å². The van der Waals surface area contributed by atoms with Crippen LogP contribution in [0.2, 0.25) is 0 Å². The maximum atomic E-state index is 6.86. The molecule has 0 saturated heterocycles. The quantitative estimate of drug-likeness (QED) is 0.720. The van der Waals surface area contributed by atoms with Gasteiger partial charge in [0, 0.05) is 5.54 Å². The van der Waals surface area contributed by atoms with Crippen LogP contribution in [0.25, 0.3) is 0 Å². The van der Waals surface area contributed by atoms with Gasteiger partial charge in [0.1, 0.15) is 0 Å². The second-order valence-corrected chi connectivity index (χ2v) is 8.06. The Morgan fingerprint density at radius 3 is 2.29 bits per heavy atom. The van der Waals surface area contributed by atoms with E-state index in [0.29, 0.717) is 5.41 Å². The van der Waals surface area contributed by atoms with Gasteiger partial charge in [0.15, 0.2) is 0 Å². The van der Waals surface area contributed by atoms with Crippen molar-refractivity contribution in [3.63, 3.8) is 0 Å². The van der Waals surface area contributed by atoms with Gasteiger partial charge in [-0.1, -0.05) is 40.5 Å². The Balaban J connectivity index is 2.11. The molecular formula is C16H31N. The van der Waals surface area contributed by atoms with Crippen LogP contribution < -0.4 is 5.73 Å². The molecule has 0 aromatic carbocycles. The third-order valence-corrected chi connectivity index (χ3v) is 5.19. The van der Waals surface area contributed by atoms with Crippen LogP contribution in [0.1, 0.15) is 72.6 Å². The van der Waals surface area contributed by atoms with Crippen LogP contribution in [0.15, 0.2) is 0 Å². The Morgan fingerprint density at radius 1 is 1.00 bits per heavy atom. The Morgan fingerprint density at radius 2 is 1.71 bits per heavy atom. The van der Waals surface area contributed by atoms with E-state index in [1.54, 1.807) is 0 Å². The number of hydrogen-bond acceptors (Lipinski definition) is 1. The topological polar surface area (TPSA) is 26.0 Å². The molecule has 2 N–H and O–H groups in total. The first kappa shape index (κ1) is 13.4. The van der Waals surface area contributed by atoms with E-state index in [-0.39, 0.29) is 5.54 Å². The molecule has 2 rings (SSSR count). The van der Waals surface area contributed by atoms with E-state index >= 15 is 0 Å². The van der Waals surface area contributed by atoms with E-state index in [4.69, 9.17) is 5.73 Å². The van der Waals surface area contributed by atoms with E-state index in [2.05, 4.69) is 27.7 Å². The van der Waals surface area contributed by atoms with Crippen molar-refractivity contribution in [2.75, 3.05) is 0 Å². The van der Waals surface area contributed by atoms with E-state index in [1.807, 2.05) is 0 Å². The van der Waals surface area contributed by atoms with E-state index in [0.717, 1.165) is 17.8 Å². The lowest BCUT2D eigenvalue weighted by Crippen LogP contribution is -2.55. The van der Waals surface area contributed by atoms with Crippen molar-refractivity contribution in [2.24, 2.45) is 28.9 Å². The fraction of sp³-hybridized carbons (Fsp3) is 1.00. The molecule has 4 unspecified atom stereocenters. The highest BCUT2D eigenvalue weighted by Crippen LogP contribution is 2.49. The minimum absolute atomic E-state index is 0.135.